The summed E-state index contributed by atoms with van der Waals surface area (Å²) in [5.74, 6) is -1.73. The molecule has 2 rings (SSSR count). The van der Waals surface area contributed by atoms with Crippen LogP contribution in [0, 0.1) is 11.3 Å². The summed E-state index contributed by atoms with van der Waals surface area (Å²) in [7, 11) is 0. The van der Waals surface area contributed by atoms with E-state index < -0.39 is 23.9 Å². The average molecular weight is 407 g/mol. The molecular formula is C23H25N3O4. The van der Waals surface area contributed by atoms with Crippen LogP contribution in [-0.2, 0) is 19.7 Å². The van der Waals surface area contributed by atoms with E-state index in [9.17, 15) is 14.4 Å². The number of carbonyl (C=O) groups is 3. The molecule has 0 aliphatic carbocycles. The lowest BCUT2D eigenvalue weighted by Crippen LogP contribution is -2.36. The van der Waals surface area contributed by atoms with Gasteiger partial charge >= 0.3 is 5.97 Å². The molecule has 2 aromatic carbocycles. The van der Waals surface area contributed by atoms with E-state index in [-0.39, 0.29) is 12.0 Å². The number of benzene rings is 2. The van der Waals surface area contributed by atoms with Crippen LogP contribution in [0.1, 0.15) is 49.2 Å². The van der Waals surface area contributed by atoms with E-state index in [1.54, 1.807) is 36.4 Å². The fourth-order valence-corrected chi connectivity index (χ4v) is 2.59. The number of rotatable bonds is 6. The highest BCUT2D eigenvalue weighted by Gasteiger charge is 2.20. The smallest absolute Gasteiger partial charge is 0.326 e. The monoisotopic (exact) mass is 407 g/mol. The molecule has 7 heteroatoms. The molecule has 0 saturated heterocycles. The molecule has 0 spiro atoms. The minimum atomic E-state index is -1.09. The first-order valence-electron chi connectivity index (χ1n) is 9.50. The summed E-state index contributed by atoms with van der Waals surface area (Å²) in [6, 6.07) is 15.6. The molecule has 0 fully saturated rings. The van der Waals surface area contributed by atoms with E-state index in [1.807, 2.05) is 18.2 Å². The Morgan fingerprint density at radius 3 is 2.30 bits per heavy atom. The number of nitriles is 1. The fourth-order valence-electron chi connectivity index (χ4n) is 2.59. The largest absolute Gasteiger partial charge is 0.451 e. The molecule has 7 nitrogen and oxygen atoms in total. The van der Waals surface area contributed by atoms with Crippen molar-refractivity contribution < 1.29 is 19.1 Å². The van der Waals surface area contributed by atoms with Crippen LogP contribution in [0.2, 0.25) is 0 Å². The van der Waals surface area contributed by atoms with Gasteiger partial charge in [0.05, 0.1) is 11.3 Å². The normalized spacial score (nSPS) is 11.7. The topological polar surface area (TPSA) is 108 Å². The molecule has 0 radical (unpaired) electrons. The number of esters is 1. The number of para-hydroxylation sites is 1. The first-order valence-corrected chi connectivity index (χ1v) is 9.50. The Morgan fingerprint density at radius 2 is 1.70 bits per heavy atom. The Kier molecular flexibility index (Phi) is 7.32. The first kappa shape index (κ1) is 22.6. The highest BCUT2D eigenvalue weighted by molar-refractivity contribution is 5.97. The predicted molar refractivity (Wildman–Crippen MR) is 113 cm³/mol. The van der Waals surface area contributed by atoms with Gasteiger partial charge in [-0.3, -0.25) is 14.4 Å². The van der Waals surface area contributed by atoms with Gasteiger partial charge in [0.1, 0.15) is 12.6 Å². The maximum atomic E-state index is 12.2. The van der Waals surface area contributed by atoms with Crippen molar-refractivity contribution in [2.75, 3.05) is 11.9 Å². The SMILES string of the molecule is C[C@H](OC(=O)CNC(=O)c1ccc(C(C)(C)C)cc1)C(=O)Nc1ccccc1C#N. The summed E-state index contributed by atoms with van der Waals surface area (Å²) in [4.78, 5) is 36.4. The van der Waals surface area contributed by atoms with Gasteiger partial charge in [-0.15, -0.1) is 0 Å². The summed E-state index contributed by atoms with van der Waals surface area (Å²) in [6.07, 6.45) is -1.09. The van der Waals surface area contributed by atoms with Gasteiger partial charge in [0.15, 0.2) is 6.10 Å². The van der Waals surface area contributed by atoms with Gasteiger partial charge < -0.3 is 15.4 Å². The number of amides is 2. The second kappa shape index (κ2) is 9.70. The minimum absolute atomic E-state index is 0.0245. The molecule has 0 aliphatic rings. The van der Waals surface area contributed by atoms with Crippen LogP contribution in [0.3, 0.4) is 0 Å². The van der Waals surface area contributed by atoms with Gasteiger partial charge in [-0.2, -0.15) is 5.26 Å². The van der Waals surface area contributed by atoms with Crippen LogP contribution in [0.5, 0.6) is 0 Å². The quantitative estimate of drug-likeness (QED) is 0.715. The molecule has 0 unspecified atom stereocenters. The van der Waals surface area contributed by atoms with Crippen molar-refractivity contribution >= 4 is 23.5 Å². The molecule has 0 heterocycles. The van der Waals surface area contributed by atoms with Gasteiger partial charge in [-0.1, -0.05) is 45.0 Å². The third kappa shape index (κ3) is 6.17. The Labute approximate surface area is 176 Å². The van der Waals surface area contributed by atoms with Gasteiger partial charge in [0, 0.05) is 5.56 Å². The fraction of sp³-hybridized carbons (Fsp3) is 0.304. The Hall–Kier alpha value is -3.66. The van der Waals surface area contributed by atoms with Crippen LogP contribution in [0.25, 0.3) is 0 Å². The third-order valence-electron chi connectivity index (χ3n) is 4.39. The number of ether oxygens (including phenoxy) is 1. The van der Waals surface area contributed by atoms with Crippen molar-refractivity contribution in [1.29, 1.82) is 5.26 Å². The summed E-state index contributed by atoms with van der Waals surface area (Å²) >= 11 is 0. The Balaban J connectivity index is 1.85. The van der Waals surface area contributed by atoms with Crippen molar-refractivity contribution in [3.8, 4) is 6.07 Å². The zero-order valence-electron chi connectivity index (χ0n) is 17.5. The number of hydrogen-bond acceptors (Lipinski definition) is 5. The van der Waals surface area contributed by atoms with Crippen molar-refractivity contribution in [2.45, 2.75) is 39.2 Å². The van der Waals surface area contributed by atoms with E-state index in [4.69, 9.17) is 10.00 Å². The van der Waals surface area contributed by atoms with E-state index >= 15 is 0 Å². The molecule has 2 N–H and O–H groups in total. The molecule has 0 bridgehead atoms. The maximum absolute atomic E-state index is 12.2. The second-order valence-electron chi connectivity index (χ2n) is 7.79. The van der Waals surface area contributed by atoms with Crippen LogP contribution in [0.15, 0.2) is 48.5 Å². The van der Waals surface area contributed by atoms with Gasteiger partial charge in [0.2, 0.25) is 0 Å². The van der Waals surface area contributed by atoms with E-state index in [0.717, 1.165) is 5.56 Å². The molecule has 156 valence electrons. The molecule has 0 saturated carbocycles. The second-order valence-corrected chi connectivity index (χ2v) is 7.79. The lowest BCUT2D eigenvalue weighted by molar-refractivity contribution is -0.152. The number of nitrogens with zero attached hydrogens (tertiary/aromatic N) is 1. The van der Waals surface area contributed by atoms with Crippen molar-refractivity contribution in [2.24, 2.45) is 0 Å². The molecule has 2 amide bonds. The standard InChI is InChI=1S/C23H25N3O4/c1-15(21(28)26-19-8-6-5-7-17(19)13-24)30-20(27)14-25-22(29)16-9-11-18(12-10-16)23(2,3)4/h5-12,15H,14H2,1-4H3,(H,25,29)(H,26,28)/t15-/m0/s1. The van der Waals surface area contributed by atoms with E-state index in [1.165, 1.54) is 6.92 Å². The van der Waals surface area contributed by atoms with Crippen LogP contribution in [-0.4, -0.2) is 30.4 Å². The Bertz CT molecular complexity index is 969. The molecule has 2 aromatic rings. The van der Waals surface area contributed by atoms with Crippen molar-refractivity contribution in [3.05, 3.63) is 65.2 Å². The van der Waals surface area contributed by atoms with E-state index in [2.05, 4.69) is 31.4 Å². The zero-order valence-corrected chi connectivity index (χ0v) is 17.5. The number of carbonyl (C=O) groups excluding carboxylic acids is 3. The highest BCUT2D eigenvalue weighted by Crippen LogP contribution is 2.22. The van der Waals surface area contributed by atoms with Crippen LogP contribution in [0.4, 0.5) is 5.69 Å². The molecule has 30 heavy (non-hydrogen) atoms. The summed E-state index contributed by atoms with van der Waals surface area (Å²) < 4.78 is 5.06. The lowest BCUT2D eigenvalue weighted by Gasteiger charge is -2.19. The van der Waals surface area contributed by atoms with E-state index in [0.29, 0.717) is 16.8 Å². The molecule has 0 aliphatic heterocycles. The summed E-state index contributed by atoms with van der Waals surface area (Å²) in [6.45, 7) is 7.28. The zero-order chi connectivity index (χ0) is 22.3. The minimum Gasteiger partial charge on any atom is -0.451 e. The van der Waals surface area contributed by atoms with Crippen LogP contribution < -0.4 is 10.6 Å². The average Bonchev–Trinajstić information content (AvgIpc) is 2.71. The van der Waals surface area contributed by atoms with Crippen molar-refractivity contribution in [3.63, 3.8) is 0 Å². The van der Waals surface area contributed by atoms with Gasteiger partial charge in [-0.05, 0) is 42.2 Å². The number of nitrogens with one attached hydrogen (secondary N) is 2. The third-order valence-corrected chi connectivity index (χ3v) is 4.39. The summed E-state index contributed by atoms with van der Waals surface area (Å²) in [5.41, 5.74) is 2.13. The number of hydrogen-bond donors (Lipinski definition) is 2. The first-order chi connectivity index (χ1) is 14.1. The Morgan fingerprint density at radius 1 is 1.07 bits per heavy atom. The number of anilines is 1. The molecule has 0 aromatic heterocycles. The molecule has 1 atom stereocenters. The van der Waals surface area contributed by atoms with Crippen molar-refractivity contribution in [1.82, 2.24) is 5.32 Å². The maximum Gasteiger partial charge on any atom is 0.326 e. The predicted octanol–water partition coefficient (Wildman–Crippen LogP) is 3.16. The van der Waals surface area contributed by atoms with Gasteiger partial charge in [0.25, 0.3) is 11.8 Å². The van der Waals surface area contributed by atoms with Crippen LogP contribution >= 0.6 is 0 Å². The summed E-state index contributed by atoms with van der Waals surface area (Å²) in [5, 5.41) is 14.1. The molecular weight excluding hydrogens is 382 g/mol. The van der Waals surface area contributed by atoms with Gasteiger partial charge in [-0.25, -0.2) is 0 Å². The lowest BCUT2D eigenvalue weighted by atomic mass is 9.87. The highest BCUT2D eigenvalue weighted by atomic mass is 16.5.